The van der Waals surface area contributed by atoms with Gasteiger partial charge in [-0.15, -0.1) is 0 Å². The Morgan fingerprint density at radius 1 is 1.44 bits per heavy atom. The molecule has 1 aromatic carbocycles. The van der Waals surface area contributed by atoms with Crippen molar-refractivity contribution in [2.75, 3.05) is 12.3 Å². The molecule has 6 heteroatoms. The lowest BCUT2D eigenvalue weighted by molar-refractivity contribution is 0.537. The summed E-state index contributed by atoms with van der Waals surface area (Å²) in [6.45, 7) is 2.55. The van der Waals surface area contributed by atoms with E-state index in [0.717, 1.165) is 5.56 Å². The lowest BCUT2D eigenvalue weighted by Crippen LogP contribution is -2.30. The van der Waals surface area contributed by atoms with Crippen LogP contribution in [-0.4, -0.2) is 26.8 Å². The summed E-state index contributed by atoms with van der Waals surface area (Å²) in [6, 6.07) is 6.62. The fraction of sp³-hybridized carbons (Fsp3) is 0.500. The monoisotopic (exact) mass is 274 g/mol. The Hall–Kier alpha value is -0.980. The van der Waals surface area contributed by atoms with Crippen molar-refractivity contribution in [1.82, 2.24) is 5.32 Å². The molecule has 0 fully saturated rings. The van der Waals surface area contributed by atoms with Gasteiger partial charge in [-0.05, 0) is 44.0 Å². The van der Waals surface area contributed by atoms with E-state index in [4.69, 9.17) is 5.14 Å². The highest BCUT2D eigenvalue weighted by Gasteiger charge is 2.05. The Kier molecular flexibility index (Phi) is 5.71. The molecule has 3 N–H and O–H groups in total. The molecule has 0 spiro atoms. The van der Waals surface area contributed by atoms with Gasteiger partial charge in [0.1, 0.15) is 5.82 Å². The zero-order chi connectivity index (χ0) is 13.6. The summed E-state index contributed by atoms with van der Waals surface area (Å²) in [4.78, 5) is 0. The van der Waals surface area contributed by atoms with Gasteiger partial charge in [0.2, 0.25) is 10.0 Å². The van der Waals surface area contributed by atoms with Crippen LogP contribution in [0.2, 0.25) is 0 Å². The Morgan fingerprint density at radius 3 is 2.78 bits per heavy atom. The third-order valence-corrected chi connectivity index (χ3v) is 3.39. The molecule has 1 aromatic rings. The normalized spacial score (nSPS) is 13.5. The Balaban J connectivity index is 2.28. The van der Waals surface area contributed by atoms with Crippen molar-refractivity contribution in [3.63, 3.8) is 0 Å². The van der Waals surface area contributed by atoms with Crippen molar-refractivity contribution in [1.29, 1.82) is 0 Å². The average molecular weight is 274 g/mol. The number of benzene rings is 1. The minimum atomic E-state index is -3.38. The van der Waals surface area contributed by atoms with Crippen molar-refractivity contribution >= 4 is 10.0 Å². The topological polar surface area (TPSA) is 72.2 Å². The zero-order valence-electron chi connectivity index (χ0n) is 10.4. The standard InChI is InChI=1S/C12H19FN2O2S/c1-10(15-6-3-7-18(14,16)17)8-11-4-2-5-12(13)9-11/h2,4-5,9-10,15H,3,6-8H2,1H3,(H2,14,16,17). The molecule has 0 aliphatic rings. The van der Waals surface area contributed by atoms with Crippen LogP contribution in [0.5, 0.6) is 0 Å². The largest absolute Gasteiger partial charge is 0.314 e. The molecule has 0 aromatic heterocycles. The molecular weight excluding hydrogens is 255 g/mol. The first kappa shape index (κ1) is 15.1. The fourth-order valence-electron chi connectivity index (χ4n) is 1.71. The molecule has 0 aliphatic heterocycles. The van der Waals surface area contributed by atoms with Gasteiger partial charge in [-0.1, -0.05) is 12.1 Å². The van der Waals surface area contributed by atoms with Crippen LogP contribution < -0.4 is 10.5 Å². The molecule has 0 bridgehead atoms. The van der Waals surface area contributed by atoms with E-state index in [1.165, 1.54) is 12.1 Å². The number of nitrogens with two attached hydrogens (primary N) is 1. The Labute approximate surface area is 107 Å². The first-order valence-corrected chi connectivity index (χ1v) is 7.56. The Bertz CT molecular complexity index is 477. The van der Waals surface area contributed by atoms with Crippen LogP contribution in [0.4, 0.5) is 4.39 Å². The van der Waals surface area contributed by atoms with Crippen molar-refractivity contribution < 1.29 is 12.8 Å². The molecular formula is C12H19FN2O2S. The molecule has 0 radical (unpaired) electrons. The predicted octanol–water partition coefficient (Wildman–Crippen LogP) is 1.02. The first-order chi connectivity index (χ1) is 8.37. The molecule has 0 saturated heterocycles. The number of hydrogen-bond donors (Lipinski definition) is 2. The van der Waals surface area contributed by atoms with Gasteiger partial charge in [0.25, 0.3) is 0 Å². The van der Waals surface area contributed by atoms with Crippen molar-refractivity contribution in [2.24, 2.45) is 5.14 Å². The highest BCUT2D eigenvalue weighted by Crippen LogP contribution is 2.06. The SMILES string of the molecule is CC(Cc1cccc(F)c1)NCCCS(N)(=O)=O. The van der Waals surface area contributed by atoms with Gasteiger partial charge in [0, 0.05) is 6.04 Å². The van der Waals surface area contributed by atoms with E-state index in [-0.39, 0.29) is 17.6 Å². The third-order valence-electron chi connectivity index (χ3n) is 2.53. The summed E-state index contributed by atoms with van der Waals surface area (Å²) in [5.74, 6) is -0.263. The van der Waals surface area contributed by atoms with Gasteiger partial charge in [0.15, 0.2) is 0 Å². The maximum Gasteiger partial charge on any atom is 0.209 e. The molecule has 0 saturated carbocycles. The maximum atomic E-state index is 13.0. The average Bonchev–Trinajstić information content (AvgIpc) is 2.23. The smallest absolute Gasteiger partial charge is 0.209 e. The van der Waals surface area contributed by atoms with Gasteiger partial charge < -0.3 is 5.32 Å². The van der Waals surface area contributed by atoms with Gasteiger partial charge in [-0.25, -0.2) is 17.9 Å². The number of nitrogens with one attached hydrogen (secondary N) is 1. The third kappa shape index (κ3) is 6.68. The van der Waals surface area contributed by atoms with Gasteiger partial charge >= 0.3 is 0 Å². The molecule has 0 aliphatic carbocycles. The summed E-state index contributed by atoms with van der Waals surface area (Å²) >= 11 is 0. The second-order valence-corrected chi connectivity index (χ2v) is 6.14. The van der Waals surface area contributed by atoms with E-state index in [0.29, 0.717) is 19.4 Å². The van der Waals surface area contributed by atoms with Crippen LogP contribution in [0.1, 0.15) is 18.9 Å². The first-order valence-electron chi connectivity index (χ1n) is 5.85. The van der Waals surface area contributed by atoms with Gasteiger partial charge in [-0.3, -0.25) is 0 Å². The van der Waals surface area contributed by atoms with Gasteiger partial charge in [0.05, 0.1) is 5.75 Å². The minimum Gasteiger partial charge on any atom is -0.314 e. The van der Waals surface area contributed by atoms with Crippen LogP contribution in [0, 0.1) is 5.82 Å². The molecule has 4 nitrogen and oxygen atoms in total. The fourth-order valence-corrected chi connectivity index (χ4v) is 2.26. The van der Waals surface area contributed by atoms with E-state index < -0.39 is 10.0 Å². The molecule has 0 heterocycles. The molecule has 18 heavy (non-hydrogen) atoms. The Morgan fingerprint density at radius 2 is 2.17 bits per heavy atom. The maximum absolute atomic E-state index is 13.0. The molecule has 0 amide bonds. The zero-order valence-corrected chi connectivity index (χ0v) is 11.2. The van der Waals surface area contributed by atoms with Crippen LogP contribution in [0.25, 0.3) is 0 Å². The summed E-state index contributed by atoms with van der Waals surface area (Å²) in [6.07, 6.45) is 1.18. The van der Waals surface area contributed by atoms with E-state index in [9.17, 15) is 12.8 Å². The second kappa shape index (κ2) is 6.82. The number of halogens is 1. The van der Waals surface area contributed by atoms with E-state index in [1.807, 2.05) is 13.0 Å². The molecule has 1 atom stereocenters. The molecule has 1 unspecified atom stereocenters. The lowest BCUT2D eigenvalue weighted by Gasteiger charge is -2.13. The van der Waals surface area contributed by atoms with Crippen molar-refractivity contribution in [2.45, 2.75) is 25.8 Å². The quantitative estimate of drug-likeness (QED) is 0.729. The van der Waals surface area contributed by atoms with Crippen LogP contribution in [0.3, 0.4) is 0 Å². The predicted molar refractivity (Wildman–Crippen MR) is 70.2 cm³/mol. The number of hydrogen-bond acceptors (Lipinski definition) is 3. The van der Waals surface area contributed by atoms with Crippen LogP contribution in [0.15, 0.2) is 24.3 Å². The number of primary sulfonamides is 1. The molecule has 1 rings (SSSR count). The van der Waals surface area contributed by atoms with Crippen molar-refractivity contribution in [3.8, 4) is 0 Å². The minimum absolute atomic E-state index is 0.0211. The lowest BCUT2D eigenvalue weighted by atomic mass is 10.1. The van der Waals surface area contributed by atoms with Gasteiger partial charge in [-0.2, -0.15) is 0 Å². The summed E-state index contributed by atoms with van der Waals surface area (Å²) in [7, 11) is -3.38. The summed E-state index contributed by atoms with van der Waals surface area (Å²) in [5, 5.41) is 8.08. The number of sulfonamides is 1. The highest BCUT2D eigenvalue weighted by atomic mass is 32.2. The summed E-state index contributed by atoms with van der Waals surface area (Å²) < 4.78 is 34.4. The second-order valence-electron chi connectivity index (χ2n) is 4.41. The van der Waals surface area contributed by atoms with E-state index in [1.54, 1.807) is 6.07 Å². The van der Waals surface area contributed by atoms with Crippen molar-refractivity contribution in [3.05, 3.63) is 35.6 Å². The van der Waals surface area contributed by atoms with Crippen LogP contribution in [-0.2, 0) is 16.4 Å². The van der Waals surface area contributed by atoms with E-state index >= 15 is 0 Å². The number of rotatable bonds is 7. The molecule has 102 valence electrons. The summed E-state index contributed by atoms with van der Waals surface area (Å²) in [5.41, 5.74) is 0.918. The van der Waals surface area contributed by atoms with Crippen LogP contribution >= 0.6 is 0 Å². The van der Waals surface area contributed by atoms with E-state index in [2.05, 4.69) is 5.32 Å². The highest BCUT2D eigenvalue weighted by molar-refractivity contribution is 7.89.